The lowest BCUT2D eigenvalue weighted by Gasteiger charge is -2.16. The van der Waals surface area contributed by atoms with Crippen LogP contribution in [0.15, 0.2) is 18.2 Å². The highest BCUT2D eigenvalue weighted by atomic mass is 35.5. The van der Waals surface area contributed by atoms with Crippen molar-refractivity contribution in [3.05, 3.63) is 28.8 Å². The topological polar surface area (TPSA) is 41.6 Å². The van der Waals surface area contributed by atoms with E-state index in [1.807, 2.05) is 0 Å². The van der Waals surface area contributed by atoms with Gasteiger partial charge in [-0.25, -0.2) is 4.79 Å². The monoisotopic (exact) mass is 268 g/mol. The molecule has 1 aromatic carbocycles. The number of halogens is 1. The minimum Gasteiger partial charge on any atom is -0.465 e. The van der Waals surface area contributed by atoms with Gasteiger partial charge in [-0.15, -0.1) is 0 Å². The molecule has 1 fully saturated rings. The third-order valence-electron chi connectivity index (χ3n) is 3.14. The summed E-state index contributed by atoms with van der Waals surface area (Å²) < 4.78 is 4.70. The number of ether oxygens (including phenoxy) is 1. The first-order valence-corrected chi connectivity index (χ1v) is 6.31. The Morgan fingerprint density at radius 1 is 1.56 bits per heavy atom. The van der Waals surface area contributed by atoms with Gasteiger partial charge in [0.2, 0.25) is 0 Å². The zero-order valence-electron chi connectivity index (χ0n) is 10.6. The summed E-state index contributed by atoms with van der Waals surface area (Å²) in [6.07, 6.45) is 1.08. The fourth-order valence-corrected chi connectivity index (χ4v) is 2.33. The molecule has 0 radical (unpaired) electrons. The first-order chi connectivity index (χ1) is 8.60. The first kappa shape index (κ1) is 13.2. The molecule has 1 aliphatic rings. The minimum absolute atomic E-state index is 0.349. The highest BCUT2D eigenvalue weighted by Crippen LogP contribution is 2.25. The van der Waals surface area contributed by atoms with Crippen LogP contribution in [0.3, 0.4) is 0 Å². The van der Waals surface area contributed by atoms with E-state index in [2.05, 4.69) is 17.3 Å². The van der Waals surface area contributed by atoms with E-state index in [9.17, 15) is 4.79 Å². The van der Waals surface area contributed by atoms with Crippen LogP contribution < -0.4 is 5.32 Å². The highest BCUT2D eigenvalue weighted by molar-refractivity contribution is 6.33. The van der Waals surface area contributed by atoms with Gasteiger partial charge in [0.25, 0.3) is 0 Å². The van der Waals surface area contributed by atoms with Crippen LogP contribution in [0.1, 0.15) is 16.8 Å². The van der Waals surface area contributed by atoms with Crippen LogP contribution >= 0.6 is 11.6 Å². The van der Waals surface area contributed by atoms with E-state index in [4.69, 9.17) is 16.3 Å². The van der Waals surface area contributed by atoms with Crippen molar-refractivity contribution in [1.29, 1.82) is 0 Å². The molecule has 1 saturated heterocycles. The summed E-state index contributed by atoms with van der Waals surface area (Å²) in [6, 6.07) is 5.50. The van der Waals surface area contributed by atoms with Crippen molar-refractivity contribution in [3.63, 3.8) is 0 Å². The maximum absolute atomic E-state index is 11.5. The number of nitrogens with one attached hydrogen (secondary N) is 1. The molecule has 0 spiro atoms. The molecule has 1 N–H and O–H groups in total. The molecule has 1 heterocycles. The number of carbonyl (C=O) groups is 1. The lowest BCUT2D eigenvalue weighted by Crippen LogP contribution is -2.23. The van der Waals surface area contributed by atoms with Gasteiger partial charge in [0, 0.05) is 12.6 Å². The molecule has 1 aromatic rings. The van der Waals surface area contributed by atoms with Crippen LogP contribution in [0.2, 0.25) is 5.02 Å². The van der Waals surface area contributed by atoms with E-state index >= 15 is 0 Å². The van der Waals surface area contributed by atoms with Gasteiger partial charge < -0.3 is 15.0 Å². The van der Waals surface area contributed by atoms with E-state index in [0.29, 0.717) is 16.6 Å². The number of methoxy groups -OCH3 is 1. The molecule has 0 bridgehead atoms. The van der Waals surface area contributed by atoms with Crippen molar-refractivity contribution >= 4 is 23.3 Å². The lowest BCUT2D eigenvalue weighted by atomic mass is 10.1. The summed E-state index contributed by atoms with van der Waals surface area (Å²) in [5, 5.41) is 4.00. The number of esters is 1. The standard InChI is InChI=1S/C13H17ClN2O2/c1-16-6-5-10(8-16)15-12-7-9(13(17)18-2)3-4-11(12)14/h3-4,7,10,15H,5-6,8H2,1-2H3. The van der Waals surface area contributed by atoms with Crippen LogP contribution in [0.25, 0.3) is 0 Å². The van der Waals surface area contributed by atoms with Crippen molar-refractivity contribution < 1.29 is 9.53 Å². The zero-order chi connectivity index (χ0) is 13.1. The van der Waals surface area contributed by atoms with Gasteiger partial charge in [0.05, 0.1) is 23.4 Å². The molecule has 1 unspecified atom stereocenters. The normalized spacial score (nSPS) is 19.8. The quantitative estimate of drug-likeness (QED) is 0.854. The number of anilines is 1. The molecule has 1 aliphatic heterocycles. The van der Waals surface area contributed by atoms with Crippen LogP contribution in [-0.4, -0.2) is 44.2 Å². The molecule has 98 valence electrons. The molecule has 0 amide bonds. The number of carbonyl (C=O) groups excluding carboxylic acids is 1. The summed E-state index contributed by atoms with van der Waals surface area (Å²) in [5.74, 6) is -0.349. The summed E-state index contributed by atoms with van der Waals surface area (Å²) >= 11 is 6.13. The van der Waals surface area contributed by atoms with Crippen LogP contribution in [0.4, 0.5) is 5.69 Å². The summed E-state index contributed by atoms with van der Waals surface area (Å²) in [7, 11) is 3.46. The fourth-order valence-electron chi connectivity index (χ4n) is 2.15. The summed E-state index contributed by atoms with van der Waals surface area (Å²) in [4.78, 5) is 13.7. The molecule has 0 saturated carbocycles. The second kappa shape index (κ2) is 5.59. The molecule has 2 rings (SSSR count). The smallest absolute Gasteiger partial charge is 0.337 e. The average molecular weight is 269 g/mol. The van der Waals surface area contributed by atoms with Crippen molar-refractivity contribution in [1.82, 2.24) is 4.90 Å². The van der Waals surface area contributed by atoms with Gasteiger partial charge in [-0.3, -0.25) is 0 Å². The molecule has 1 atom stereocenters. The number of likely N-dealkylation sites (tertiary alicyclic amines) is 1. The predicted octanol–water partition coefficient (Wildman–Crippen LogP) is 2.24. The predicted molar refractivity (Wildman–Crippen MR) is 72.3 cm³/mol. The number of nitrogens with zero attached hydrogens (tertiary/aromatic N) is 1. The largest absolute Gasteiger partial charge is 0.465 e. The average Bonchev–Trinajstić information content (AvgIpc) is 2.76. The zero-order valence-corrected chi connectivity index (χ0v) is 11.3. The molecular formula is C13H17ClN2O2. The fraction of sp³-hybridized carbons (Fsp3) is 0.462. The minimum atomic E-state index is -0.349. The Balaban J connectivity index is 2.13. The molecule has 0 aliphatic carbocycles. The van der Waals surface area contributed by atoms with Crippen LogP contribution in [0, 0.1) is 0 Å². The number of benzene rings is 1. The van der Waals surface area contributed by atoms with Gasteiger partial charge in [-0.05, 0) is 38.2 Å². The number of likely N-dealkylation sites (N-methyl/N-ethyl adjacent to an activating group) is 1. The summed E-state index contributed by atoms with van der Waals surface area (Å²) in [6.45, 7) is 2.06. The number of hydrogen-bond donors (Lipinski definition) is 1. The van der Waals surface area contributed by atoms with Gasteiger partial charge in [-0.1, -0.05) is 11.6 Å². The van der Waals surface area contributed by atoms with Crippen molar-refractivity contribution in [2.45, 2.75) is 12.5 Å². The Morgan fingerprint density at radius 3 is 2.94 bits per heavy atom. The van der Waals surface area contributed by atoms with Crippen molar-refractivity contribution in [2.75, 3.05) is 32.6 Å². The van der Waals surface area contributed by atoms with E-state index < -0.39 is 0 Å². The Bertz CT molecular complexity index is 451. The van der Waals surface area contributed by atoms with Crippen molar-refractivity contribution in [3.8, 4) is 0 Å². The molecule has 5 heteroatoms. The van der Waals surface area contributed by atoms with Crippen LogP contribution in [0.5, 0.6) is 0 Å². The SMILES string of the molecule is COC(=O)c1ccc(Cl)c(NC2CCN(C)C2)c1. The van der Waals surface area contributed by atoms with Gasteiger partial charge in [-0.2, -0.15) is 0 Å². The second-order valence-corrected chi connectivity index (χ2v) is 4.99. The Kier molecular flexibility index (Phi) is 4.09. The first-order valence-electron chi connectivity index (χ1n) is 5.93. The van der Waals surface area contributed by atoms with Crippen molar-refractivity contribution in [2.24, 2.45) is 0 Å². The Morgan fingerprint density at radius 2 is 2.33 bits per heavy atom. The van der Waals surface area contributed by atoms with E-state index in [1.165, 1.54) is 7.11 Å². The van der Waals surface area contributed by atoms with E-state index in [-0.39, 0.29) is 5.97 Å². The maximum atomic E-state index is 11.5. The van der Waals surface area contributed by atoms with Crippen LogP contribution in [-0.2, 0) is 4.74 Å². The molecular weight excluding hydrogens is 252 g/mol. The summed E-state index contributed by atoms with van der Waals surface area (Å²) in [5.41, 5.74) is 1.30. The Hall–Kier alpha value is -1.26. The highest BCUT2D eigenvalue weighted by Gasteiger charge is 2.20. The third kappa shape index (κ3) is 2.94. The van der Waals surface area contributed by atoms with E-state index in [1.54, 1.807) is 18.2 Å². The number of hydrogen-bond acceptors (Lipinski definition) is 4. The Labute approximate surface area is 112 Å². The number of rotatable bonds is 3. The molecule has 4 nitrogen and oxygen atoms in total. The maximum Gasteiger partial charge on any atom is 0.337 e. The third-order valence-corrected chi connectivity index (χ3v) is 3.47. The second-order valence-electron chi connectivity index (χ2n) is 4.58. The van der Waals surface area contributed by atoms with Gasteiger partial charge in [0.1, 0.15) is 0 Å². The van der Waals surface area contributed by atoms with Gasteiger partial charge in [0.15, 0.2) is 0 Å². The molecule has 18 heavy (non-hydrogen) atoms. The van der Waals surface area contributed by atoms with E-state index in [0.717, 1.165) is 25.2 Å². The lowest BCUT2D eigenvalue weighted by molar-refractivity contribution is 0.0601. The van der Waals surface area contributed by atoms with Gasteiger partial charge >= 0.3 is 5.97 Å². The molecule has 0 aromatic heterocycles.